The van der Waals surface area contributed by atoms with Crippen molar-refractivity contribution in [2.45, 2.75) is 32.5 Å². The van der Waals surface area contributed by atoms with Crippen LogP contribution in [0.25, 0.3) is 0 Å². The number of hydrogen-bond donors (Lipinski definition) is 1. The number of ether oxygens (including phenoxy) is 2. The van der Waals surface area contributed by atoms with E-state index in [1.54, 1.807) is 62.4 Å². The van der Waals surface area contributed by atoms with Crippen LogP contribution in [0.4, 0.5) is 5.69 Å². The van der Waals surface area contributed by atoms with Crippen LogP contribution in [0.5, 0.6) is 5.75 Å². The zero-order valence-electron chi connectivity index (χ0n) is 14.6. The fraction of sp³-hybridized carbons (Fsp3) is 0.263. The number of halogens is 2. The minimum atomic E-state index is -1.28. The van der Waals surface area contributed by atoms with Gasteiger partial charge in [-0.05, 0) is 63.2 Å². The Morgan fingerprint density at radius 2 is 1.69 bits per heavy atom. The Bertz CT molecular complexity index is 790. The van der Waals surface area contributed by atoms with Crippen LogP contribution in [-0.4, -0.2) is 23.6 Å². The highest BCUT2D eigenvalue weighted by Crippen LogP contribution is 2.22. The van der Waals surface area contributed by atoms with Crippen molar-refractivity contribution < 1.29 is 19.1 Å². The molecule has 0 spiro atoms. The maximum Gasteiger partial charge on any atom is 0.350 e. The van der Waals surface area contributed by atoms with Crippen LogP contribution in [-0.2, 0) is 14.3 Å². The summed E-state index contributed by atoms with van der Waals surface area (Å²) in [5.41, 5.74) is -0.764. The second-order valence-electron chi connectivity index (χ2n) is 6.11. The molecule has 0 aliphatic rings. The molecular weight excluding hydrogens is 377 g/mol. The Kier molecular flexibility index (Phi) is 6.51. The molecule has 0 radical (unpaired) electrons. The van der Waals surface area contributed by atoms with Crippen molar-refractivity contribution in [1.29, 1.82) is 0 Å². The number of amides is 1. The van der Waals surface area contributed by atoms with Crippen molar-refractivity contribution in [3.8, 4) is 5.75 Å². The van der Waals surface area contributed by atoms with Crippen LogP contribution >= 0.6 is 23.2 Å². The lowest BCUT2D eigenvalue weighted by Crippen LogP contribution is -2.43. The average Bonchev–Trinajstić information content (AvgIpc) is 2.56. The molecule has 0 saturated heterocycles. The fourth-order valence-corrected chi connectivity index (χ4v) is 2.32. The second kappa shape index (κ2) is 8.43. The Labute approximate surface area is 162 Å². The molecular formula is C19H19Cl2NO4. The summed E-state index contributed by atoms with van der Waals surface area (Å²) in [6, 6.07) is 13.3. The molecule has 0 aliphatic heterocycles. The van der Waals surface area contributed by atoms with Crippen molar-refractivity contribution >= 4 is 40.8 Å². The van der Waals surface area contributed by atoms with E-state index in [0.29, 0.717) is 21.5 Å². The number of hydrogen-bond acceptors (Lipinski definition) is 4. The molecule has 2 aromatic carbocycles. The van der Waals surface area contributed by atoms with E-state index in [0.717, 1.165) is 0 Å². The number of esters is 1. The third kappa shape index (κ3) is 5.64. The molecule has 0 fully saturated rings. The van der Waals surface area contributed by atoms with Crippen LogP contribution in [0.15, 0.2) is 48.5 Å². The van der Waals surface area contributed by atoms with Gasteiger partial charge in [-0.25, -0.2) is 4.79 Å². The maximum absolute atomic E-state index is 12.4. The molecule has 2 rings (SSSR count). The number of rotatable bonds is 6. The Morgan fingerprint density at radius 1 is 1.04 bits per heavy atom. The minimum absolute atomic E-state index is 0.465. The molecule has 5 nitrogen and oxygen atoms in total. The van der Waals surface area contributed by atoms with Gasteiger partial charge in [-0.3, -0.25) is 4.79 Å². The fourth-order valence-electron chi connectivity index (χ4n) is 2.01. The zero-order chi connectivity index (χ0) is 19.3. The van der Waals surface area contributed by atoms with Gasteiger partial charge in [0.1, 0.15) is 5.75 Å². The first-order chi connectivity index (χ1) is 12.2. The summed E-state index contributed by atoms with van der Waals surface area (Å²) in [7, 11) is 0. The summed E-state index contributed by atoms with van der Waals surface area (Å²) in [5, 5.41) is 3.69. The SMILES string of the molecule is C[C@@H](OC(=O)C(C)(C)Oc1ccc(Cl)cc1)C(=O)Nc1cccc(Cl)c1. The van der Waals surface area contributed by atoms with Crippen molar-refractivity contribution in [2.24, 2.45) is 0 Å². The van der Waals surface area contributed by atoms with Crippen LogP contribution in [0.3, 0.4) is 0 Å². The van der Waals surface area contributed by atoms with E-state index in [9.17, 15) is 9.59 Å². The minimum Gasteiger partial charge on any atom is -0.476 e. The first-order valence-electron chi connectivity index (χ1n) is 7.89. The van der Waals surface area contributed by atoms with E-state index in [1.165, 1.54) is 6.92 Å². The van der Waals surface area contributed by atoms with Crippen LogP contribution in [0, 0.1) is 0 Å². The molecule has 1 amide bonds. The second-order valence-corrected chi connectivity index (χ2v) is 6.99. The Hall–Kier alpha value is -2.24. The van der Waals surface area contributed by atoms with Gasteiger partial charge < -0.3 is 14.8 Å². The summed E-state index contributed by atoms with van der Waals surface area (Å²) < 4.78 is 10.9. The first-order valence-corrected chi connectivity index (χ1v) is 8.65. The van der Waals surface area contributed by atoms with E-state index >= 15 is 0 Å². The number of anilines is 1. The van der Waals surface area contributed by atoms with Gasteiger partial charge in [0, 0.05) is 15.7 Å². The van der Waals surface area contributed by atoms with Crippen molar-refractivity contribution in [1.82, 2.24) is 0 Å². The van der Waals surface area contributed by atoms with Crippen molar-refractivity contribution in [2.75, 3.05) is 5.32 Å². The van der Waals surface area contributed by atoms with E-state index in [-0.39, 0.29) is 0 Å². The van der Waals surface area contributed by atoms with Gasteiger partial charge >= 0.3 is 5.97 Å². The monoisotopic (exact) mass is 395 g/mol. The average molecular weight is 396 g/mol. The molecule has 7 heteroatoms. The molecule has 0 bridgehead atoms. The van der Waals surface area contributed by atoms with E-state index in [2.05, 4.69) is 5.32 Å². The van der Waals surface area contributed by atoms with Gasteiger partial charge in [-0.15, -0.1) is 0 Å². The first kappa shape index (κ1) is 20.1. The third-order valence-corrected chi connectivity index (χ3v) is 3.91. The van der Waals surface area contributed by atoms with Gasteiger partial charge in [0.05, 0.1) is 0 Å². The molecule has 0 aromatic heterocycles. The molecule has 0 heterocycles. The summed E-state index contributed by atoms with van der Waals surface area (Å²) in [6.45, 7) is 4.60. The number of nitrogens with one attached hydrogen (secondary N) is 1. The van der Waals surface area contributed by atoms with Crippen molar-refractivity contribution in [3.63, 3.8) is 0 Å². The predicted molar refractivity (Wildman–Crippen MR) is 102 cm³/mol. The van der Waals surface area contributed by atoms with Crippen molar-refractivity contribution in [3.05, 3.63) is 58.6 Å². The standard InChI is InChI=1S/C19H19Cl2NO4/c1-12(17(23)22-15-6-4-5-14(21)11-15)25-18(24)19(2,3)26-16-9-7-13(20)8-10-16/h4-12H,1-3H3,(H,22,23)/t12-/m1/s1. The quantitative estimate of drug-likeness (QED) is 0.718. The van der Waals surface area contributed by atoms with Gasteiger partial charge in [0.25, 0.3) is 5.91 Å². The van der Waals surface area contributed by atoms with Gasteiger partial charge in [0.15, 0.2) is 11.7 Å². The molecule has 0 unspecified atom stereocenters. The van der Waals surface area contributed by atoms with Gasteiger partial charge in [0.2, 0.25) is 0 Å². The topological polar surface area (TPSA) is 64.6 Å². The summed E-state index contributed by atoms with van der Waals surface area (Å²) in [6.07, 6.45) is -1.01. The van der Waals surface area contributed by atoms with E-state index < -0.39 is 23.6 Å². The maximum atomic E-state index is 12.4. The molecule has 138 valence electrons. The molecule has 0 aliphatic carbocycles. The van der Waals surface area contributed by atoms with Crippen LogP contribution in [0.1, 0.15) is 20.8 Å². The van der Waals surface area contributed by atoms with E-state index in [1.807, 2.05) is 0 Å². The lowest BCUT2D eigenvalue weighted by Gasteiger charge is -2.26. The third-order valence-electron chi connectivity index (χ3n) is 3.42. The smallest absolute Gasteiger partial charge is 0.350 e. The van der Waals surface area contributed by atoms with Crippen LogP contribution in [0.2, 0.25) is 10.0 Å². The van der Waals surface area contributed by atoms with E-state index in [4.69, 9.17) is 32.7 Å². The molecule has 26 heavy (non-hydrogen) atoms. The van der Waals surface area contributed by atoms with Gasteiger partial charge in [-0.1, -0.05) is 29.3 Å². The molecule has 2 aromatic rings. The zero-order valence-corrected chi connectivity index (χ0v) is 16.1. The van der Waals surface area contributed by atoms with Crippen LogP contribution < -0.4 is 10.1 Å². The normalized spacial score (nSPS) is 12.2. The highest BCUT2D eigenvalue weighted by molar-refractivity contribution is 6.31. The number of benzene rings is 2. The molecule has 0 saturated carbocycles. The summed E-state index contributed by atoms with van der Waals surface area (Å²) in [5.74, 6) is -0.670. The summed E-state index contributed by atoms with van der Waals surface area (Å²) >= 11 is 11.7. The lowest BCUT2D eigenvalue weighted by molar-refractivity contribution is -0.166. The summed E-state index contributed by atoms with van der Waals surface area (Å²) in [4.78, 5) is 24.6. The predicted octanol–water partition coefficient (Wildman–Crippen LogP) is 4.72. The largest absolute Gasteiger partial charge is 0.476 e. The number of carbonyl (C=O) groups is 2. The highest BCUT2D eigenvalue weighted by Gasteiger charge is 2.34. The Morgan fingerprint density at radius 3 is 2.31 bits per heavy atom. The molecule has 1 N–H and O–H groups in total. The lowest BCUT2D eigenvalue weighted by atomic mass is 10.1. The Balaban J connectivity index is 1.95. The van der Waals surface area contributed by atoms with Gasteiger partial charge in [-0.2, -0.15) is 0 Å². The highest BCUT2D eigenvalue weighted by atomic mass is 35.5. The number of carbonyl (C=O) groups excluding carboxylic acids is 2. The molecule has 1 atom stereocenters.